The van der Waals surface area contributed by atoms with Crippen LogP contribution in [0.3, 0.4) is 0 Å². The average Bonchev–Trinajstić information content (AvgIpc) is 2.45. The van der Waals surface area contributed by atoms with Gasteiger partial charge in [0, 0.05) is 16.6 Å². The number of benzene rings is 2. The number of nitrogens with one attached hydrogen (secondary N) is 1. The zero-order chi connectivity index (χ0) is 14.4. The second-order valence-corrected chi connectivity index (χ2v) is 4.82. The molecule has 1 amide bonds. The van der Waals surface area contributed by atoms with Crippen LogP contribution in [0.1, 0.15) is 10.4 Å². The van der Waals surface area contributed by atoms with Gasteiger partial charge in [-0.05, 0) is 36.4 Å². The number of carbonyl (C=O) groups excluding carboxylic acids is 1. The summed E-state index contributed by atoms with van der Waals surface area (Å²) in [5.41, 5.74) is 0.878. The quantitative estimate of drug-likeness (QED) is 0.841. The Bertz CT molecular complexity index is 604. The van der Waals surface area contributed by atoms with Crippen molar-refractivity contribution in [2.45, 2.75) is 0 Å². The summed E-state index contributed by atoms with van der Waals surface area (Å²) in [6.45, 7) is 0.523. The minimum atomic E-state index is -0.391. The van der Waals surface area contributed by atoms with Crippen molar-refractivity contribution >= 4 is 27.5 Å². The summed E-state index contributed by atoms with van der Waals surface area (Å²) in [6, 6.07) is 12.6. The monoisotopic (exact) mass is 337 g/mol. The third kappa shape index (κ3) is 4.06. The first-order valence-electron chi connectivity index (χ1n) is 6.05. The molecule has 104 valence electrons. The first-order chi connectivity index (χ1) is 9.69. The summed E-state index contributed by atoms with van der Waals surface area (Å²) in [5.74, 6) is -0.0755. The lowest BCUT2D eigenvalue weighted by Crippen LogP contribution is -2.12. The molecule has 0 saturated carbocycles. The number of carbonyl (C=O) groups is 1. The van der Waals surface area contributed by atoms with E-state index in [0.29, 0.717) is 28.9 Å². The summed E-state index contributed by atoms with van der Waals surface area (Å²) in [5, 5.41) is 3.35. The molecule has 3 nitrogen and oxygen atoms in total. The van der Waals surface area contributed by atoms with Gasteiger partial charge >= 0.3 is 0 Å². The molecule has 0 atom stereocenters. The lowest BCUT2D eigenvalue weighted by molar-refractivity contribution is 0.102. The number of hydrogen-bond acceptors (Lipinski definition) is 2. The Morgan fingerprint density at radius 1 is 1.20 bits per heavy atom. The predicted molar refractivity (Wildman–Crippen MR) is 80.1 cm³/mol. The van der Waals surface area contributed by atoms with Crippen LogP contribution in [0.5, 0.6) is 5.75 Å². The van der Waals surface area contributed by atoms with Gasteiger partial charge in [-0.15, -0.1) is 0 Å². The second-order valence-electron chi connectivity index (χ2n) is 4.03. The molecule has 0 unspecified atom stereocenters. The van der Waals surface area contributed by atoms with Crippen LogP contribution >= 0.6 is 15.9 Å². The van der Waals surface area contributed by atoms with E-state index in [1.165, 1.54) is 12.1 Å². The van der Waals surface area contributed by atoms with Crippen LogP contribution in [-0.2, 0) is 0 Å². The Labute approximate surface area is 124 Å². The van der Waals surface area contributed by atoms with Gasteiger partial charge in [-0.1, -0.05) is 28.1 Å². The number of anilines is 1. The molecule has 0 radical (unpaired) electrons. The maximum Gasteiger partial charge on any atom is 0.255 e. The summed E-state index contributed by atoms with van der Waals surface area (Å²) >= 11 is 3.27. The van der Waals surface area contributed by atoms with E-state index in [0.717, 1.165) is 0 Å². The molecule has 5 heteroatoms. The number of amides is 1. The standard InChI is InChI=1S/C15H13BrFNO2/c16-7-8-20-14-6-1-3-11(9-14)15(19)18-13-5-2-4-12(17)10-13/h1-6,9-10H,7-8H2,(H,18,19). The maximum atomic E-state index is 13.0. The second kappa shape index (κ2) is 7.05. The van der Waals surface area contributed by atoms with Crippen LogP contribution in [0.4, 0.5) is 10.1 Å². The maximum absolute atomic E-state index is 13.0. The molecule has 0 spiro atoms. The molecule has 2 rings (SSSR count). The van der Waals surface area contributed by atoms with Crippen molar-refractivity contribution in [3.63, 3.8) is 0 Å². The van der Waals surface area contributed by atoms with Crippen molar-refractivity contribution in [1.29, 1.82) is 0 Å². The summed E-state index contributed by atoms with van der Waals surface area (Å²) in [6.07, 6.45) is 0. The normalized spacial score (nSPS) is 10.1. The van der Waals surface area contributed by atoms with E-state index in [9.17, 15) is 9.18 Å². The lowest BCUT2D eigenvalue weighted by atomic mass is 10.2. The van der Waals surface area contributed by atoms with Crippen LogP contribution in [0, 0.1) is 5.82 Å². The van der Waals surface area contributed by atoms with E-state index in [1.54, 1.807) is 36.4 Å². The molecule has 0 aliphatic heterocycles. The zero-order valence-corrected chi connectivity index (χ0v) is 12.2. The minimum absolute atomic E-state index is 0.306. The number of halogens is 2. The van der Waals surface area contributed by atoms with E-state index in [1.807, 2.05) is 0 Å². The highest BCUT2D eigenvalue weighted by Crippen LogP contribution is 2.16. The first-order valence-corrected chi connectivity index (χ1v) is 7.17. The van der Waals surface area contributed by atoms with Crippen LogP contribution in [0.25, 0.3) is 0 Å². The number of alkyl halides is 1. The molecular formula is C15H13BrFNO2. The van der Waals surface area contributed by atoms with E-state index in [4.69, 9.17) is 4.74 Å². The van der Waals surface area contributed by atoms with Crippen LogP contribution < -0.4 is 10.1 Å². The third-order valence-corrected chi connectivity index (χ3v) is 2.85. The van der Waals surface area contributed by atoms with E-state index < -0.39 is 5.82 Å². The first kappa shape index (κ1) is 14.5. The van der Waals surface area contributed by atoms with Gasteiger partial charge in [0.25, 0.3) is 5.91 Å². The van der Waals surface area contributed by atoms with Gasteiger partial charge in [0.05, 0.1) is 6.61 Å². The van der Waals surface area contributed by atoms with E-state index >= 15 is 0 Å². The molecule has 0 aromatic heterocycles. The molecular weight excluding hydrogens is 325 g/mol. The Kier molecular flexibility index (Phi) is 5.12. The number of ether oxygens (including phenoxy) is 1. The van der Waals surface area contributed by atoms with Gasteiger partial charge in [0.15, 0.2) is 0 Å². The molecule has 0 bridgehead atoms. The Hall–Kier alpha value is -1.88. The molecule has 0 aliphatic carbocycles. The van der Waals surface area contributed by atoms with Crippen LogP contribution in [-0.4, -0.2) is 17.8 Å². The molecule has 0 saturated heterocycles. The topological polar surface area (TPSA) is 38.3 Å². The van der Waals surface area contributed by atoms with E-state index in [2.05, 4.69) is 21.2 Å². The molecule has 20 heavy (non-hydrogen) atoms. The number of hydrogen-bond donors (Lipinski definition) is 1. The largest absolute Gasteiger partial charge is 0.493 e. The summed E-state index contributed by atoms with van der Waals surface area (Å²) in [7, 11) is 0. The molecule has 2 aromatic rings. The highest BCUT2D eigenvalue weighted by Gasteiger charge is 2.07. The van der Waals surface area contributed by atoms with Gasteiger partial charge < -0.3 is 10.1 Å². The zero-order valence-electron chi connectivity index (χ0n) is 10.6. The Balaban J connectivity index is 2.09. The Morgan fingerprint density at radius 3 is 2.75 bits per heavy atom. The molecule has 0 heterocycles. The third-order valence-electron chi connectivity index (χ3n) is 2.52. The van der Waals surface area contributed by atoms with Crippen molar-refractivity contribution in [3.8, 4) is 5.75 Å². The highest BCUT2D eigenvalue weighted by molar-refractivity contribution is 9.09. The van der Waals surface area contributed by atoms with Gasteiger partial charge in [0.1, 0.15) is 11.6 Å². The SMILES string of the molecule is O=C(Nc1cccc(F)c1)c1cccc(OCCBr)c1. The summed E-state index contributed by atoms with van der Waals surface area (Å²) < 4.78 is 18.5. The van der Waals surface area contributed by atoms with Gasteiger partial charge in [0.2, 0.25) is 0 Å². The van der Waals surface area contributed by atoms with E-state index in [-0.39, 0.29) is 5.91 Å². The lowest BCUT2D eigenvalue weighted by Gasteiger charge is -2.08. The molecule has 2 aromatic carbocycles. The fraction of sp³-hybridized carbons (Fsp3) is 0.133. The van der Waals surface area contributed by atoms with Crippen molar-refractivity contribution in [2.24, 2.45) is 0 Å². The highest BCUT2D eigenvalue weighted by atomic mass is 79.9. The molecule has 1 N–H and O–H groups in total. The van der Waals surface area contributed by atoms with Crippen molar-refractivity contribution in [2.75, 3.05) is 17.3 Å². The number of rotatable bonds is 5. The van der Waals surface area contributed by atoms with Crippen molar-refractivity contribution in [1.82, 2.24) is 0 Å². The predicted octanol–water partition coefficient (Wildman–Crippen LogP) is 3.85. The fourth-order valence-corrected chi connectivity index (χ4v) is 1.81. The fourth-order valence-electron chi connectivity index (χ4n) is 1.65. The molecule has 0 fully saturated rings. The van der Waals surface area contributed by atoms with Crippen LogP contribution in [0.2, 0.25) is 0 Å². The minimum Gasteiger partial charge on any atom is -0.493 e. The van der Waals surface area contributed by atoms with Crippen molar-refractivity contribution in [3.05, 3.63) is 59.9 Å². The average molecular weight is 338 g/mol. The smallest absolute Gasteiger partial charge is 0.255 e. The van der Waals surface area contributed by atoms with Gasteiger partial charge in [-0.3, -0.25) is 4.79 Å². The van der Waals surface area contributed by atoms with Gasteiger partial charge in [-0.25, -0.2) is 4.39 Å². The van der Waals surface area contributed by atoms with Gasteiger partial charge in [-0.2, -0.15) is 0 Å². The van der Waals surface area contributed by atoms with Crippen molar-refractivity contribution < 1.29 is 13.9 Å². The Morgan fingerprint density at radius 2 is 2.00 bits per heavy atom. The molecule has 0 aliphatic rings. The summed E-state index contributed by atoms with van der Waals surface area (Å²) in [4.78, 5) is 12.1. The van der Waals surface area contributed by atoms with Crippen LogP contribution in [0.15, 0.2) is 48.5 Å².